The second kappa shape index (κ2) is 6.66. The zero-order chi connectivity index (χ0) is 14.5. The molecule has 3 rings (SSSR count). The number of aromatic nitrogens is 1. The molecule has 4 nitrogen and oxygen atoms in total. The Balaban J connectivity index is 1.62. The van der Waals surface area contributed by atoms with Gasteiger partial charge in [-0.05, 0) is 31.0 Å². The molecule has 0 atom stereocenters. The molecule has 2 heterocycles. The Bertz CT molecular complexity index is 563. The van der Waals surface area contributed by atoms with E-state index < -0.39 is 0 Å². The summed E-state index contributed by atoms with van der Waals surface area (Å²) in [4.78, 5) is 15.4. The Morgan fingerprint density at radius 2 is 1.95 bits per heavy atom. The molecule has 112 valence electrons. The Hall–Kier alpha value is -1.97. The first kappa shape index (κ1) is 14.0. The van der Waals surface area contributed by atoms with Crippen LogP contribution in [0.25, 0.3) is 11.3 Å². The van der Waals surface area contributed by atoms with Gasteiger partial charge in [-0.25, -0.2) is 0 Å². The van der Waals surface area contributed by atoms with Crippen molar-refractivity contribution >= 4 is 5.91 Å². The summed E-state index contributed by atoms with van der Waals surface area (Å²) in [6, 6.07) is 5.89. The first-order valence-electron chi connectivity index (χ1n) is 7.86. The lowest BCUT2D eigenvalue weighted by Crippen LogP contribution is -2.35. The van der Waals surface area contributed by atoms with Gasteiger partial charge in [0.2, 0.25) is 0 Å². The summed E-state index contributed by atoms with van der Waals surface area (Å²) >= 11 is 0. The molecule has 0 aromatic carbocycles. The van der Waals surface area contributed by atoms with Crippen LogP contribution in [0.4, 0.5) is 0 Å². The molecule has 4 heteroatoms. The summed E-state index contributed by atoms with van der Waals surface area (Å²) in [6.45, 7) is 0. The summed E-state index contributed by atoms with van der Waals surface area (Å²) in [5, 5.41) is 3.16. The van der Waals surface area contributed by atoms with E-state index >= 15 is 0 Å². The van der Waals surface area contributed by atoms with Gasteiger partial charge >= 0.3 is 0 Å². The Morgan fingerprint density at radius 3 is 2.67 bits per heavy atom. The number of hydrogen-bond donors (Lipinski definition) is 2. The van der Waals surface area contributed by atoms with Crippen LogP contribution in [0.5, 0.6) is 0 Å². The molecular formula is C17H22N2O2. The molecule has 2 N–H and O–H groups in total. The van der Waals surface area contributed by atoms with Crippen molar-refractivity contribution in [3.05, 3.63) is 36.4 Å². The lowest BCUT2D eigenvalue weighted by Gasteiger charge is -2.20. The molecule has 0 unspecified atom stereocenters. The Labute approximate surface area is 124 Å². The van der Waals surface area contributed by atoms with Gasteiger partial charge in [0.1, 0.15) is 11.5 Å². The number of aromatic amines is 1. The van der Waals surface area contributed by atoms with Gasteiger partial charge in [-0.15, -0.1) is 0 Å². The summed E-state index contributed by atoms with van der Waals surface area (Å²) in [5.41, 5.74) is 1.51. The van der Waals surface area contributed by atoms with Crippen LogP contribution in [0, 0.1) is 0 Å². The van der Waals surface area contributed by atoms with Gasteiger partial charge in [0.05, 0.1) is 6.26 Å². The smallest absolute Gasteiger partial charge is 0.267 e. The van der Waals surface area contributed by atoms with Gasteiger partial charge in [-0.1, -0.05) is 32.1 Å². The van der Waals surface area contributed by atoms with Gasteiger partial charge in [0.15, 0.2) is 0 Å². The van der Waals surface area contributed by atoms with Crippen molar-refractivity contribution in [3.8, 4) is 11.3 Å². The van der Waals surface area contributed by atoms with E-state index in [-0.39, 0.29) is 5.91 Å². The average Bonchev–Trinajstić information content (AvgIpc) is 3.10. The molecule has 1 aliphatic rings. The van der Waals surface area contributed by atoms with E-state index in [0.717, 1.165) is 24.2 Å². The van der Waals surface area contributed by atoms with Crippen LogP contribution in [0.15, 0.2) is 35.1 Å². The van der Waals surface area contributed by atoms with Gasteiger partial charge in [0, 0.05) is 17.8 Å². The third-order valence-corrected chi connectivity index (χ3v) is 4.17. The molecule has 1 saturated carbocycles. The third kappa shape index (κ3) is 3.57. The van der Waals surface area contributed by atoms with Crippen LogP contribution >= 0.6 is 0 Å². The van der Waals surface area contributed by atoms with E-state index in [4.69, 9.17) is 4.42 Å². The van der Waals surface area contributed by atoms with Crippen molar-refractivity contribution in [2.75, 3.05) is 0 Å². The van der Waals surface area contributed by atoms with Crippen molar-refractivity contribution < 1.29 is 9.21 Å². The zero-order valence-electron chi connectivity index (χ0n) is 12.2. The number of amides is 1. The quantitative estimate of drug-likeness (QED) is 0.891. The van der Waals surface area contributed by atoms with Crippen molar-refractivity contribution in [3.63, 3.8) is 0 Å². The normalized spacial score (nSPS) is 17.1. The fourth-order valence-corrected chi connectivity index (χ4v) is 2.97. The molecular weight excluding hydrogens is 264 g/mol. The minimum atomic E-state index is -0.0154. The lowest BCUT2D eigenvalue weighted by atomic mass is 9.96. The monoisotopic (exact) mass is 286 g/mol. The summed E-state index contributed by atoms with van der Waals surface area (Å²) in [5.74, 6) is 0.759. The molecule has 2 aromatic rings. The summed E-state index contributed by atoms with van der Waals surface area (Å²) in [6.07, 6.45) is 12.0. The first-order valence-corrected chi connectivity index (χ1v) is 7.86. The number of nitrogens with one attached hydrogen (secondary N) is 2. The maximum absolute atomic E-state index is 12.3. The number of hydrogen-bond acceptors (Lipinski definition) is 2. The second-order valence-corrected chi connectivity index (χ2v) is 5.79. The van der Waals surface area contributed by atoms with Crippen LogP contribution in [-0.2, 0) is 0 Å². The van der Waals surface area contributed by atoms with Crippen molar-refractivity contribution in [2.24, 2.45) is 0 Å². The lowest BCUT2D eigenvalue weighted by molar-refractivity contribution is 0.0926. The van der Waals surface area contributed by atoms with Gasteiger partial charge < -0.3 is 14.7 Å². The number of furan rings is 1. The van der Waals surface area contributed by atoms with Crippen LogP contribution in [0.2, 0.25) is 0 Å². The van der Waals surface area contributed by atoms with E-state index in [1.807, 2.05) is 24.4 Å². The van der Waals surface area contributed by atoms with Crippen molar-refractivity contribution in [1.29, 1.82) is 0 Å². The predicted octanol–water partition coefficient (Wildman–Crippen LogP) is 4.12. The number of carbonyl (C=O) groups is 1. The number of H-pyrrole nitrogens is 1. The van der Waals surface area contributed by atoms with Gasteiger partial charge in [-0.2, -0.15) is 0 Å². The van der Waals surface area contributed by atoms with Crippen LogP contribution in [0.3, 0.4) is 0 Å². The van der Waals surface area contributed by atoms with E-state index in [0.29, 0.717) is 11.7 Å². The van der Waals surface area contributed by atoms with Crippen LogP contribution in [0.1, 0.15) is 55.4 Å². The minimum Gasteiger partial charge on any atom is -0.464 e. The predicted molar refractivity (Wildman–Crippen MR) is 82.1 cm³/mol. The maximum atomic E-state index is 12.3. The van der Waals surface area contributed by atoms with E-state index in [1.54, 1.807) is 6.26 Å². The van der Waals surface area contributed by atoms with Crippen LogP contribution in [-0.4, -0.2) is 16.9 Å². The average molecular weight is 286 g/mol. The number of rotatable bonds is 3. The van der Waals surface area contributed by atoms with Crippen molar-refractivity contribution in [2.45, 2.75) is 51.0 Å². The molecule has 0 radical (unpaired) electrons. The molecule has 0 aliphatic heterocycles. The summed E-state index contributed by atoms with van der Waals surface area (Å²) in [7, 11) is 0. The molecule has 1 fully saturated rings. The maximum Gasteiger partial charge on any atom is 0.267 e. The molecule has 0 spiro atoms. The highest BCUT2D eigenvalue weighted by Crippen LogP contribution is 2.21. The first-order chi connectivity index (χ1) is 10.3. The molecule has 1 aliphatic carbocycles. The molecule has 0 saturated heterocycles. The third-order valence-electron chi connectivity index (χ3n) is 4.17. The van der Waals surface area contributed by atoms with Gasteiger partial charge in [0.25, 0.3) is 5.91 Å². The highest BCUT2D eigenvalue weighted by Gasteiger charge is 2.16. The zero-order valence-corrected chi connectivity index (χ0v) is 12.2. The van der Waals surface area contributed by atoms with E-state index in [1.165, 1.54) is 32.1 Å². The number of carbonyl (C=O) groups excluding carboxylic acids is 1. The van der Waals surface area contributed by atoms with E-state index in [9.17, 15) is 4.79 Å². The topological polar surface area (TPSA) is 58.0 Å². The second-order valence-electron chi connectivity index (χ2n) is 5.79. The standard InChI is InChI=1S/C17H22N2O2/c20-17(19-14-7-4-2-1-3-5-8-14)15-11-13(12-18-15)16-9-6-10-21-16/h6,9-12,14,18H,1-5,7-8H2,(H,19,20). The summed E-state index contributed by atoms with van der Waals surface area (Å²) < 4.78 is 5.34. The van der Waals surface area contributed by atoms with Gasteiger partial charge in [-0.3, -0.25) is 4.79 Å². The molecule has 1 amide bonds. The SMILES string of the molecule is O=C(NC1CCCCCCC1)c1cc(-c2ccco2)c[nH]1. The Kier molecular flexibility index (Phi) is 4.43. The highest BCUT2D eigenvalue weighted by molar-refractivity contribution is 5.93. The highest BCUT2D eigenvalue weighted by atomic mass is 16.3. The fraction of sp³-hybridized carbons (Fsp3) is 0.471. The largest absolute Gasteiger partial charge is 0.464 e. The molecule has 21 heavy (non-hydrogen) atoms. The fourth-order valence-electron chi connectivity index (χ4n) is 2.97. The minimum absolute atomic E-state index is 0.0154. The van der Waals surface area contributed by atoms with Crippen LogP contribution < -0.4 is 5.32 Å². The van der Waals surface area contributed by atoms with Crippen molar-refractivity contribution in [1.82, 2.24) is 10.3 Å². The molecule has 2 aromatic heterocycles. The van der Waals surface area contributed by atoms with E-state index in [2.05, 4.69) is 10.3 Å². The molecule has 0 bridgehead atoms. The Morgan fingerprint density at radius 1 is 1.19 bits per heavy atom.